The fourth-order valence-electron chi connectivity index (χ4n) is 3.08. The van der Waals surface area contributed by atoms with Crippen LogP contribution in [-0.2, 0) is 9.31 Å². The summed E-state index contributed by atoms with van der Waals surface area (Å²) in [7, 11) is 1.78. The Balaban J connectivity index is 1.69. The first-order valence-electron chi connectivity index (χ1n) is 8.85. The molecule has 1 aromatic heterocycles. The van der Waals surface area contributed by atoms with E-state index >= 15 is 0 Å². The molecule has 0 radical (unpaired) electrons. The highest BCUT2D eigenvalue weighted by Crippen LogP contribution is 2.36. The molecule has 2 aliphatic rings. The van der Waals surface area contributed by atoms with Crippen LogP contribution >= 0.6 is 0 Å². The van der Waals surface area contributed by atoms with Gasteiger partial charge in [-0.1, -0.05) is 6.07 Å². The number of hydrogen-bond acceptors (Lipinski definition) is 5. The SMILES string of the molecule is Cc1cc(B2OC(C)(C)C(C)(C)O2)cnc1OC1CCN(C)CC1. The summed E-state index contributed by atoms with van der Waals surface area (Å²) < 4.78 is 18.3. The van der Waals surface area contributed by atoms with Gasteiger partial charge in [0.05, 0.1) is 11.2 Å². The van der Waals surface area contributed by atoms with Gasteiger partial charge >= 0.3 is 7.12 Å². The lowest BCUT2D eigenvalue weighted by atomic mass is 9.80. The van der Waals surface area contributed by atoms with Crippen molar-refractivity contribution < 1.29 is 14.0 Å². The minimum atomic E-state index is -0.376. The molecule has 0 unspecified atom stereocenters. The highest BCUT2D eigenvalue weighted by molar-refractivity contribution is 6.62. The zero-order chi connectivity index (χ0) is 17.5. The molecule has 2 fully saturated rings. The maximum atomic E-state index is 6.11. The predicted octanol–water partition coefficient (Wildman–Crippen LogP) is 2.16. The average molecular weight is 332 g/mol. The van der Waals surface area contributed by atoms with Crippen molar-refractivity contribution in [1.29, 1.82) is 0 Å². The van der Waals surface area contributed by atoms with Crippen LogP contribution in [0.25, 0.3) is 0 Å². The maximum absolute atomic E-state index is 6.11. The van der Waals surface area contributed by atoms with Crippen molar-refractivity contribution in [3.63, 3.8) is 0 Å². The highest BCUT2D eigenvalue weighted by atomic mass is 16.7. The minimum absolute atomic E-state index is 0.259. The van der Waals surface area contributed by atoms with Crippen molar-refractivity contribution in [3.8, 4) is 5.88 Å². The number of likely N-dealkylation sites (tertiary alicyclic amines) is 1. The smallest absolute Gasteiger partial charge is 0.474 e. The zero-order valence-corrected chi connectivity index (χ0v) is 15.8. The quantitative estimate of drug-likeness (QED) is 0.794. The monoisotopic (exact) mass is 332 g/mol. The molecule has 2 aliphatic heterocycles. The lowest BCUT2D eigenvalue weighted by Crippen LogP contribution is -2.41. The van der Waals surface area contributed by atoms with Gasteiger partial charge in [-0.2, -0.15) is 0 Å². The van der Waals surface area contributed by atoms with E-state index in [-0.39, 0.29) is 24.4 Å². The lowest BCUT2D eigenvalue weighted by molar-refractivity contribution is 0.00578. The third-order valence-corrected chi connectivity index (χ3v) is 5.52. The van der Waals surface area contributed by atoms with Gasteiger partial charge in [-0.3, -0.25) is 0 Å². The third kappa shape index (κ3) is 3.46. The Hall–Kier alpha value is -1.11. The Labute approximate surface area is 145 Å². The van der Waals surface area contributed by atoms with E-state index in [4.69, 9.17) is 14.0 Å². The first kappa shape index (κ1) is 17.7. The van der Waals surface area contributed by atoms with Crippen LogP contribution in [0.1, 0.15) is 46.1 Å². The van der Waals surface area contributed by atoms with Crippen molar-refractivity contribution in [3.05, 3.63) is 17.8 Å². The van der Waals surface area contributed by atoms with Crippen LogP contribution in [0.2, 0.25) is 0 Å². The zero-order valence-electron chi connectivity index (χ0n) is 15.8. The van der Waals surface area contributed by atoms with E-state index in [1.54, 1.807) is 0 Å². The molecule has 6 heteroatoms. The molecule has 0 saturated carbocycles. The fraction of sp³-hybridized carbons (Fsp3) is 0.722. The van der Waals surface area contributed by atoms with Gasteiger partial charge in [0.15, 0.2) is 0 Å². The number of rotatable bonds is 3. The Morgan fingerprint density at radius 1 is 1.17 bits per heavy atom. The van der Waals surface area contributed by atoms with Crippen molar-refractivity contribution in [2.75, 3.05) is 20.1 Å². The summed E-state index contributed by atoms with van der Waals surface area (Å²) in [4.78, 5) is 6.87. The molecule has 3 heterocycles. The Morgan fingerprint density at radius 2 is 1.75 bits per heavy atom. The Bertz CT molecular complexity index is 582. The summed E-state index contributed by atoms with van der Waals surface area (Å²) in [5.41, 5.74) is 1.30. The van der Waals surface area contributed by atoms with Crippen molar-refractivity contribution in [2.24, 2.45) is 0 Å². The van der Waals surface area contributed by atoms with Crippen LogP contribution in [0.5, 0.6) is 5.88 Å². The summed E-state index contributed by atoms with van der Waals surface area (Å²) >= 11 is 0. The van der Waals surface area contributed by atoms with Crippen molar-refractivity contribution in [1.82, 2.24) is 9.88 Å². The van der Waals surface area contributed by atoms with E-state index in [1.165, 1.54) is 0 Å². The van der Waals surface area contributed by atoms with E-state index in [1.807, 2.05) is 13.1 Å². The Kier molecular flexibility index (Phi) is 4.66. The first-order chi connectivity index (χ1) is 11.2. The largest absolute Gasteiger partial charge is 0.496 e. The molecule has 0 amide bonds. The topological polar surface area (TPSA) is 43.8 Å². The van der Waals surface area contributed by atoms with E-state index in [9.17, 15) is 0 Å². The van der Waals surface area contributed by atoms with E-state index in [0.717, 1.165) is 42.8 Å². The molecular formula is C18H29BN2O3. The predicted molar refractivity (Wildman–Crippen MR) is 95.8 cm³/mol. The number of hydrogen-bond donors (Lipinski definition) is 0. The van der Waals surface area contributed by atoms with E-state index < -0.39 is 0 Å². The second-order valence-electron chi connectivity index (χ2n) is 8.10. The first-order valence-corrected chi connectivity index (χ1v) is 8.85. The fourth-order valence-corrected chi connectivity index (χ4v) is 3.08. The second-order valence-corrected chi connectivity index (χ2v) is 8.10. The highest BCUT2D eigenvalue weighted by Gasteiger charge is 2.51. The van der Waals surface area contributed by atoms with Gasteiger partial charge < -0.3 is 18.9 Å². The summed E-state index contributed by atoms with van der Waals surface area (Å²) in [6, 6.07) is 2.07. The van der Waals surface area contributed by atoms with Gasteiger partial charge in [0.2, 0.25) is 5.88 Å². The molecule has 0 aromatic carbocycles. The summed E-state index contributed by atoms with van der Waals surface area (Å²) in [5, 5.41) is 0. The molecule has 0 atom stereocenters. The van der Waals surface area contributed by atoms with Gasteiger partial charge in [-0.05, 0) is 54.5 Å². The molecule has 2 saturated heterocycles. The summed E-state index contributed by atoms with van der Waals surface area (Å²) in [6.07, 6.45) is 4.18. The van der Waals surface area contributed by atoms with Crippen molar-refractivity contribution in [2.45, 2.75) is 64.8 Å². The standard InChI is InChI=1S/C18H29BN2O3/c1-13-11-14(19-23-17(2,3)18(4,5)24-19)12-20-16(13)22-15-7-9-21(6)10-8-15/h11-12,15H,7-10H2,1-6H3. The van der Waals surface area contributed by atoms with Crippen LogP contribution < -0.4 is 10.2 Å². The van der Waals surface area contributed by atoms with Gasteiger partial charge in [-0.25, -0.2) is 4.98 Å². The van der Waals surface area contributed by atoms with Gasteiger partial charge in [0.1, 0.15) is 6.10 Å². The third-order valence-electron chi connectivity index (χ3n) is 5.52. The number of piperidine rings is 1. The number of aromatic nitrogens is 1. The maximum Gasteiger partial charge on any atom is 0.496 e. The molecule has 1 aromatic rings. The summed E-state index contributed by atoms with van der Waals surface area (Å²) in [6.45, 7) is 12.4. The molecule has 3 rings (SSSR count). The number of ether oxygens (including phenoxy) is 1. The van der Waals surface area contributed by atoms with E-state index in [0.29, 0.717) is 0 Å². The van der Waals surface area contributed by atoms with Crippen LogP contribution in [-0.4, -0.2) is 54.4 Å². The lowest BCUT2D eigenvalue weighted by Gasteiger charge is -2.32. The molecule has 24 heavy (non-hydrogen) atoms. The van der Waals surface area contributed by atoms with Crippen LogP contribution in [0.3, 0.4) is 0 Å². The molecule has 0 spiro atoms. The van der Waals surface area contributed by atoms with Gasteiger partial charge in [-0.15, -0.1) is 0 Å². The molecule has 0 aliphatic carbocycles. The van der Waals surface area contributed by atoms with Crippen LogP contribution in [0, 0.1) is 6.92 Å². The number of pyridine rings is 1. The number of aryl methyl sites for hydroxylation is 1. The molecule has 0 N–H and O–H groups in total. The molecular weight excluding hydrogens is 303 g/mol. The normalized spacial score (nSPS) is 24.3. The van der Waals surface area contributed by atoms with Gasteiger partial charge in [0, 0.05) is 30.3 Å². The van der Waals surface area contributed by atoms with E-state index in [2.05, 4.69) is 50.7 Å². The minimum Gasteiger partial charge on any atom is -0.474 e. The Morgan fingerprint density at radius 3 is 2.29 bits per heavy atom. The second kappa shape index (κ2) is 6.32. The van der Waals surface area contributed by atoms with Crippen molar-refractivity contribution >= 4 is 12.6 Å². The molecule has 5 nitrogen and oxygen atoms in total. The van der Waals surface area contributed by atoms with Gasteiger partial charge in [0.25, 0.3) is 0 Å². The van der Waals surface area contributed by atoms with Crippen LogP contribution in [0.4, 0.5) is 0 Å². The summed E-state index contributed by atoms with van der Waals surface area (Å²) in [5.74, 6) is 0.727. The average Bonchev–Trinajstić information content (AvgIpc) is 2.72. The number of nitrogens with zero attached hydrogens (tertiary/aromatic N) is 2. The van der Waals surface area contributed by atoms with Crippen LogP contribution in [0.15, 0.2) is 12.3 Å². The molecule has 0 bridgehead atoms. The molecule has 132 valence electrons.